The van der Waals surface area contributed by atoms with E-state index in [1.54, 1.807) is 7.05 Å². The van der Waals surface area contributed by atoms with Gasteiger partial charge in [-0.2, -0.15) is 0 Å². The molecular weight excluding hydrogens is 260 g/mol. The predicted octanol–water partition coefficient (Wildman–Crippen LogP) is 1.97. The van der Waals surface area contributed by atoms with Gasteiger partial charge in [0.25, 0.3) is 0 Å². The largest absolute Gasteiger partial charge is 0.364 e. The first-order valence-electron chi connectivity index (χ1n) is 7.30. The van der Waals surface area contributed by atoms with E-state index in [9.17, 15) is 8.78 Å². The number of rotatable bonds is 3. The van der Waals surface area contributed by atoms with Gasteiger partial charge < -0.3 is 10.2 Å². The van der Waals surface area contributed by atoms with Crippen LogP contribution in [0.15, 0.2) is 12.1 Å². The molecule has 0 bridgehead atoms. The van der Waals surface area contributed by atoms with E-state index in [0.717, 1.165) is 26.1 Å². The van der Waals surface area contributed by atoms with Gasteiger partial charge >= 0.3 is 0 Å². The minimum atomic E-state index is -0.443. The highest BCUT2D eigenvalue weighted by molar-refractivity contribution is 5.51. The van der Waals surface area contributed by atoms with Crippen molar-refractivity contribution in [3.63, 3.8) is 0 Å². The van der Waals surface area contributed by atoms with Crippen LogP contribution in [0.1, 0.15) is 18.4 Å². The molecule has 20 heavy (non-hydrogen) atoms. The number of nitrogens with one attached hydrogen (secondary N) is 1. The van der Waals surface area contributed by atoms with Crippen molar-refractivity contribution in [2.45, 2.75) is 25.4 Å². The summed E-state index contributed by atoms with van der Waals surface area (Å²) in [7, 11) is 1.77. The minimum Gasteiger partial charge on any atom is -0.364 e. The van der Waals surface area contributed by atoms with Gasteiger partial charge in [-0.05, 0) is 44.1 Å². The molecule has 2 aliphatic heterocycles. The Morgan fingerprint density at radius 1 is 1.20 bits per heavy atom. The normalized spacial score (nSPS) is 23.1. The van der Waals surface area contributed by atoms with Gasteiger partial charge in [-0.1, -0.05) is 0 Å². The number of halogens is 2. The monoisotopic (exact) mass is 281 g/mol. The van der Waals surface area contributed by atoms with Crippen LogP contribution in [0.5, 0.6) is 0 Å². The van der Waals surface area contributed by atoms with Crippen LogP contribution >= 0.6 is 0 Å². The summed E-state index contributed by atoms with van der Waals surface area (Å²) in [5, 5.41) is 2.91. The molecule has 1 unspecified atom stereocenters. The third kappa shape index (κ3) is 2.52. The van der Waals surface area contributed by atoms with Crippen molar-refractivity contribution in [2.75, 3.05) is 38.1 Å². The second kappa shape index (κ2) is 5.66. The first-order chi connectivity index (χ1) is 9.69. The zero-order valence-corrected chi connectivity index (χ0v) is 11.8. The number of anilines is 1. The molecule has 5 heteroatoms. The summed E-state index contributed by atoms with van der Waals surface area (Å²) in [4.78, 5) is 4.31. The maximum Gasteiger partial charge on any atom is 0.149 e. The Bertz CT molecular complexity index is 469. The third-order valence-corrected chi connectivity index (χ3v) is 4.36. The fraction of sp³-hybridized carbons (Fsp3) is 0.600. The smallest absolute Gasteiger partial charge is 0.149 e. The van der Waals surface area contributed by atoms with Crippen LogP contribution < -0.4 is 10.2 Å². The Hall–Kier alpha value is -1.20. The van der Waals surface area contributed by atoms with Crippen LogP contribution in [0.4, 0.5) is 14.5 Å². The van der Waals surface area contributed by atoms with Crippen LogP contribution in [-0.4, -0.2) is 44.2 Å². The quantitative estimate of drug-likeness (QED) is 0.914. The van der Waals surface area contributed by atoms with Crippen LogP contribution in [0, 0.1) is 11.6 Å². The highest BCUT2D eigenvalue weighted by Gasteiger charge is 2.32. The van der Waals surface area contributed by atoms with Crippen molar-refractivity contribution in [3.8, 4) is 0 Å². The molecule has 0 spiro atoms. The molecule has 1 aromatic rings. The Morgan fingerprint density at radius 3 is 2.65 bits per heavy atom. The molecule has 1 N–H and O–H groups in total. The SMILES string of the molecule is CNCc1cc(F)c(N2CCN3CCCC3C2)c(F)c1. The topological polar surface area (TPSA) is 18.5 Å². The van der Waals surface area contributed by atoms with Gasteiger partial charge in [0.15, 0.2) is 0 Å². The van der Waals surface area contributed by atoms with Crippen molar-refractivity contribution in [1.82, 2.24) is 10.2 Å². The number of hydrogen-bond acceptors (Lipinski definition) is 3. The van der Waals surface area contributed by atoms with Gasteiger partial charge in [0.05, 0.1) is 0 Å². The average molecular weight is 281 g/mol. The van der Waals surface area contributed by atoms with Gasteiger partial charge in [0, 0.05) is 32.2 Å². The van der Waals surface area contributed by atoms with Crippen molar-refractivity contribution >= 4 is 5.69 Å². The summed E-state index contributed by atoms with van der Waals surface area (Å²) < 4.78 is 28.5. The van der Waals surface area contributed by atoms with Crippen LogP contribution in [0.3, 0.4) is 0 Å². The summed E-state index contributed by atoms with van der Waals surface area (Å²) >= 11 is 0. The molecule has 2 saturated heterocycles. The lowest BCUT2D eigenvalue weighted by molar-refractivity contribution is 0.229. The molecule has 0 aromatic heterocycles. The number of hydrogen-bond donors (Lipinski definition) is 1. The Kier molecular flexibility index (Phi) is 3.89. The van der Waals surface area contributed by atoms with Gasteiger partial charge in [0.1, 0.15) is 17.3 Å². The fourth-order valence-electron chi connectivity index (χ4n) is 3.42. The molecule has 1 aromatic carbocycles. The fourth-order valence-corrected chi connectivity index (χ4v) is 3.42. The molecule has 0 aliphatic carbocycles. The number of benzene rings is 1. The lowest BCUT2D eigenvalue weighted by Crippen LogP contribution is -2.50. The van der Waals surface area contributed by atoms with E-state index in [-0.39, 0.29) is 5.69 Å². The zero-order valence-electron chi connectivity index (χ0n) is 11.8. The van der Waals surface area contributed by atoms with E-state index in [1.165, 1.54) is 18.6 Å². The van der Waals surface area contributed by atoms with E-state index in [2.05, 4.69) is 10.2 Å². The van der Waals surface area contributed by atoms with E-state index in [1.807, 2.05) is 4.90 Å². The molecule has 3 nitrogen and oxygen atoms in total. The molecular formula is C15H21F2N3. The maximum absolute atomic E-state index is 14.2. The summed E-state index contributed by atoms with van der Waals surface area (Å²) in [6.07, 6.45) is 2.34. The molecule has 1 atom stereocenters. The molecule has 0 amide bonds. The summed E-state index contributed by atoms with van der Waals surface area (Å²) in [5.74, 6) is -0.886. The Morgan fingerprint density at radius 2 is 1.95 bits per heavy atom. The zero-order chi connectivity index (χ0) is 14.1. The third-order valence-electron chi connectivity index (χ3n) is 4.36. The molecule has 2 fully saturated rings. The first kappa shape index (κ1) is 13.8. The number of piperazine rings is 1. The molecule has 0 saturated carbocycles. The molecule has 0 radical (unpaired) electrons. The summed E-state index contributed by atoms with van der Waals surface area (Å²) in [6.45, 7) is 3.95. The highest BCUT2D eigenvalue weighted by Crippen LogP contribution is 2.30. The second-order valence-electron chi connectivity index (χ2n) is 5.72. The molecule has 2 aliphatic rings. The number of nitrogens with zero attached hydrogens (tertiary/aromatic N) is 2. The van der Waals surface area contributed by atoms with E-state index in [4.69, 9.17) is 0 Å². The van der Waals surface area contributed by atoms with Crippen molar-refractivity contribution in [3.05, 3.63) is 29.3 Å². The summed E-state index contributed by atoms with van der Waals surface area (Å²) in [5.41, 5.74) is 0.794. The van der Waals surface area contributed by atoms with Gasteiger partial charge in [-0.15, -0.1) is 0 Å². The van der Waals surface area contributed by atoms with E-state index < -0.39 is 11.6 Å². The van der Waals surface area contributed by atoms with Gasteiger partial charge in [-0.25, -0.2) is 8.78 Å². The summed E-state index contributed by atoms with van der Waals surface area (Å²) in [6, 6.07) is 3.34. The van der Waals surface area contributed by atoms with Crippen LogP contribution in [0.25, 0.3) is 0 Å². The minimum absolute atomic E-state index is 0.149. The Labute approximate surface area is 118 Å². The van der Waals surface area contributed by atoms with Crippen molar-refractivity contribution < 1.29 is 8.78 Å². The van der Waals surface area contributed by atoms with Crippen LogP contribution in [0.2, 0.25) is 0 Å². The Balaban J connectivity index is 1.83. The highest BCUT2D eigenvalue weighted by atomic mass is 19.1. The van der Waals surface area contributed by atoms with Crippen molar-refractivity contribution in [1.29, 1.82) is 0 Å². The van der Waals surface area contributed by atoms with E-state index in [0.29, 0.717) is 24.7 Å². The molecule has 3 rings (SSSR count). The van der Waals surface area contributed by atoms with Gasteiger partial charge in [-0.3, -0.25) is 4.90 Å². The lowest BCUT2D eigenvalue weighted by Gasteiger charge is -2.39. The number of fused-ring (bicyclic) bond motifs is 1. The van der Waals surface area contributed by atoms with Gasteiger partial charge in [0.2, 0.25) is 0 Å². The average Bonchev–Trinajstić information content (AvgIpc) is 2.85. The molecule has 110 valence electrons. The molecule has 2 heterocycles. The predicted molar refractivity (Wildman–Crippen MR) is 75.9 cm³/mol. The van der Waals surface area contributed by atoms with E-state index >= 15 is 0 Å². The standard InChI is InChI=1S/C15H21F2N3/c1-18-9-11-7-13(16)15(14(17)8-11)20-6-5-19-4-2-3-12(19)10-20/h7-8,12,18H,2-6,9-10H2,1H3. The maximum atomic E-state index is 14.2. The lowest BCUT2D eigenvalue weighted by atomic mass is 10.1. The van der Waals surface area contributed by atoms with Crippen LogP contribution in [-0.2, 0) is 6.54 Å². The first-order valence-corrected chi connectivity index (χ1v) is 7.30. The van der Waals surface area contributed by atoms with Crippen molar-refractivity contribution in [2.24, 2.45) is 0 Å². The second-order valence-corrected chi connectivity index (χ2v) is 5.72.